The lowest BCUT2D eigenvalue weighted by molar-refractivity contribution is -0.125. The molecule has 1 aliphatic carbocycles. The fourth-order valence-corrected chi connectivity index (χ4v) is 1.93. The van der Waals surface area contributed by atoms with Crippen LogP contribution in [0.5, 0.6) is 0 Å². The van der Waals surface area contributed by atoms with E-state index in [-0.39, 0.29) is 11.8 Å². The van der Waals surface area contributed by atoms with Crippen LogP contribution in [-0.4, -0.2) is 25.0 Å². The Balaban J connectivity index is 1.76. The van der Waals surface area contributed by atoms with Crippen LogP contribution in [0.4, 0.5) is 0 Å². The summed E-state index contributed by atoms with van der Waals surface area (Å²) in [6, 6.07) is 0.396. The van der Waals surface area contributed by atoms with E-state index < -0.39 is 0 Å². The monoisotopic (exact) mass is 182 g/mol. The molecule has 13 heavy (non-hydrogen) atoms. The molecule has 74 valence electrons. The van der Waals surface area contributed by atoms with E-state index in [0.717, 1.165) is 25.4 Å². The minimum absolute atomic E-state index is 0.223. The SMILES string of the molecule is CC(NC(=O)C1CCNC1)C1CC1. The van der Waals surface area contributed by atoms with E-state index in [1.54, 1.807) is 0 Å². The quantitative estimate of drug-likeness (QED) is 0.667. The summed E-state index contributed by atoms with van der Waals surface area (Å²) >= 11 is 0. The van der Waals surface area contributed by atoms with Gasteiger partial charge in [-0.25, -0.2) is 0 Å². The van der Waals surface area contributed by atoms with Crippen molar-refractivity contribution in [3.05, 3.63) is 0 Å². The molecule has 0 bridgehead atoms. The third-order valence-electron chi connectivity index (χ3n) is 3.13. The van der Waals surface area contributed by atoms with Gasteiger partial charge in [0, 0.05) is 12.6 Å². The van der Waals surface area contributed by atoms with E-state index in [1.165, 1.54) is 12.8 Å². The minimum atomic E-state index is 0.223. The Labute approximate surface area is 79.3 Å². The van der Waals surface area contributed by atoms with Gasteiger partial charge in [-0.3, -0.25) is 4.79 Å². The summed E-state index contributed by atoms with van der Waals surface area (Å²) in [7, 11) is 0. The second-order valence-corrected chi connectivity index (χ2v) is 4.32. The van der Waals surface area contributed by atoms with Gasteiger partial charge in [0.05, 0.1) is 5.92 Å². The molecule has 0 radical (unpaired) electrons. The van der Waals surface area contributed by atoms with Gasteiger partial charge in [-0.1, -0.05) is 0 Å². The van der Waals surface area contributed by atoms with Crippen molar-refractivity contribution >= 4 is 5.91 Å². The molecule has 1 saturated carbocycles. The Morgan fingerprint density at radius 2 is 2.23 bits per heavy atom. The number of hydrogen-bond donors (Lipinski definition) is 2. The second-order valence-electron chi connectivity index (χ2n) is 4.32. The first-order chi connectivity index (χ1) is 6.27. The maximum absolute atomic E-state index is 11.6. The van der Waals surface area contributed by atoms with Crippen LogP contribution >= 0.6 is 0 Å². The first-order valence-electron chi connectivity index (χ1n) is 5.28. The maximum Gasteiger partial charge on any atom is 0.224 e. The van der Waals surface area contributed by atoms with Crippen molar-refractivity contribution < 1.29 is 4.79 Å². The van der Waals surface area contributed by atoms with E-state index in [9.17, 15) is 4.79 Å². The summed E-state index contributed by atoms with van der Waals surface area (Å²) in [5.41, 5.74) is 0. The normalized spacial score (nSPS) is 30.1. The molecular weight excluding hydrogens is 164 g/mol. The number of carbonyl (C=O) groups excluding carboxylic acids is 1. The van der Waals surface area contributed by atoms with Gasteiger partial charge >= 0.3 is 0 Å². The Morgan fingerprint density at radius 3 is 2.77 bits per heavy atom. The lowest BCUT2D eigenvalue weighted by atomic mass is 10.1. The highest BCUT2D eigenvalue weighted by molar-refractivity contribution is 5.79. The fraction of sp³-hybridized carbons (Fsp3) is 0.900. The van der Waals surface area contributed by atoms with Gasteiger partial charge in [0.2, 0.25) is 5.91 Å². The molecule has 2 fully saturated rings. The highest BCUT2D eigenvalue weighted by atomic mass is 16.2. The van der Waals surface area contributed by atoms with Gasteiger partial charge in [-0.05, 0) is 38.6 Å². The van der Waals surface area contributed by atoms with Crippen LogP contribution in [0.2, 0.25) is 0 Å². The molecule has 3 heteroatoms. The van der Waals surface area contributed by atoms with Crippen LogP contribution in [-0.2, 0) is 4.79 Å². The standard InChI is InChI=1S/C10H18N2O/c1-7(8-2-3-8)12-10(13)9-4-5-11-6-9/h7-9,11H,2-6H2,1H3,(H,12,13). The van der Waals surface area contributed by atoms with Crippen LogP contribution < -0.4 is 10.6 Å². The first-order valence-corrected chi connectivity index (χ1v) is 5.28. The summed E-state index contributed by atoms with van der Waals surface area (Å²) in [6.07, 6.45) is 3.60. The van der Waals surface area contributed by atoms with Crippen LogP contribution in [0, 0.1) is 11.8 Å². The zero-order valence-electron chi connectivity index (χ0n) is 8.18. The van der Waals surface area contributed by atoms with Crippen molar-refractivity contribution in [1.82, 2.24) is 10.6 Å². The average molecular weight is 182 g/mol. The molecule has 2 N–H and O–H groups in total. The molecule has 1 amide bonds. The second kappa shape index (κ2) is 3.66. The van der Waals surface area contributed by atoms with Crippen molar-refractivity contribution in [3.63, 3.8) is 0 Å². The Morgan fingerprint density at radius 1 is 1.46 bits per heavy atom. The third-order valence-corrected chi connectivity index (χ3v) is 3.13. The smallest absolute Gasteiger partial charge is 0.224 e. The fourth-order valence-electron chi connectivity index (χ4n) is 1.93. The molecule has 2 rings (SSSR count). The molecule has 0 aromatic carbocycles. The highest BCUT2D eigenvalue weighted by Crippen LogP contribution is 2.32. The van der Waals surface area contributed by atoms with Gasteiger partial charge in [-0.2, -0.15) is 0 Å². The molecule has 2 unspecified atom stereocenters. The van der Waals surface area contributed by atoms with Crippen LogP contribution in [0.15, 0.2) is 0 Å². The number of nitrogens with one attached hydrogen (secondary N) is 2. The summed E-state index contributed by atoms with van der Waals surface area (Å²) in [4.78, 5) is 11.6. The molecule has 0 spiro atoms. The number of amides is 1. The Bertz CT molecular complexity index is 195. The van der Waals surface area contributed by atoms with E-state index in [4.69, 9.17) is 0 Å². The molecule has 0 aromatic rings. The molecular formula is C10H18N2O. The Hall–Kier alpha value is -0.570. The summed E-state index contributed by atoms with van der Waals surface area (Å²) < 4.78 is 0. The van der Waals surface area contributed by atoms with Crippen molar-refractivity contribution in [3.8, 4) is 0 Å². The zero-order chi connectivity index (χ0) is 9.26. The maximum atomic E-state index is 11.6. The lowest BCUT2D eigenvalue weighted by Crippen LogP contribution is -2.39. The summed E-state index contributed by atoms with van der Waals surface area (Å²) in [5.74, 6) is 1.24. The van der Waals surface area contributed by atoms with Gasteiger partial charge in [0.25, 0.3) is 0 Å². The topological polar surface area (TPSA) is 41.1 Å². The van der Waals surface area contributed by atoms with Crippen LogP contribution in [0.25, 0.3) is 0 Å². The number of rotatable bonds is 3. The Kier molecular flexibility index (Phi) is 2.54. The van der Waals surface area contributed by atoms with Crippen LogP contribution in [0.1, 0.15) is 26.2 Å². The number of hydrogen-bond acceptors (Lipinski definition) is 2. The lowest BCUT2D eigenvalue weighted by Gasteiger charge is -2.15. The third kappa shape index (κ3) is 2.21. The predicted octanol–water partition coefficient (Wildman–Crippen LogP) is 0.511. The molecule has 3 nitrogen and oxygen atoms in total. The molecule has 0 aromatic heterocycles. The van der Waals surface area contributed by atoms with Gasteiger partial charge in [0.15, 0.2) is 0 Å². The van der Waals surface area contributed by atoms with Crippen molar-refractivity contribution in [2.75, 3.05) is 13.1 Å². The summed E-state index contributed by atoms with van der Waals surface area (Å²) in [6.45, 7) is 3.98. The van der Waals surface area contributed by atoms with E-state index in [1.807, 2.05) is 0 Å². The van der Waals surface area contributed by atoms with E-state index in [0.29, 0.717) is 6.04 Å². The van der Waals surface area contributed by atoms with Gasteiger partial charge in [-0.15, -0.1) is 0 Å². The highest BCUT2D eigenvalue weighted by Gasteiger charge is 2.31. The molecule has 1 aliphatic heterocycles. The molecule has 2 aliphatic rings. The average Bonchev–Trinajstić information content (AvgIpc) is 2.81. The van der Waals surface area contributed by atoms with E-state index >= 15 is 0 Å². The predicted molar refractivity (Wildman–Crippen MR) is 51.3 cm³/mol. The molecule has 1 heterocycles. The van der Waals surface area contributed by atoms with Gasteiger partial charge < -0.3 is 10.6 Å². The first kappa shape index (κ1) is 9.00. The van der Waals surface area contributed by atoms with E-state index in [2.05, 4.69) is 17.6 Å². The molecule has 2 atom stereocenters. The van der Waals surface area contributed by atoms with Crippen molar-refractivity contribution in [2.45, 2.75) is 32.2 Å². The largest absolute Gasteiger partial charge is 0.353 e. The molecule has 1 saturated heterocycles. The van der Waals surface area contributed by atoms with Crippen LogP contribution in [0.3, 0.4) is 0 Å². The van der Waals surface area contributed by atoms with Crippen molar-refractivity contribution in [2.24, 2.45) is 11.8 Å². The van der Waals surface area contributed by atoms with Crippen molar-refractivity contribution in [1.29, 1.82) is 0 Å². The zero-order valence-corrected chi connectivity index (χ0v) is 8.18. The minimum Gasteiger partial charge on any atom is -0.353 e. The number of carbonyl (C=O) groups is 1. The van der Waals surface area contributed by atoms with Gasteiger partial charge in [0.1, 0.15) is 0 Å². The summed E-state index contributed by atoms with van der Waals surface area (Å²) in [5, 5.41) is 6.32.